The number of carbonyl (C=O) groups is 1. The van der Waals surface area contributed by atoms with Gasteiger partial charge in [0.05, 0.1) is 11.8 Å². The Balaban J connectivity index is 1.36. The largest absolute Gasteiger partial charge is 0.476 e. The van der Waals surface area contributed by atoms with Crippen molar-refractivity contribution in [2.45, 2.75) is 33.2 Å². The number of carboxylic acids is 1. The van der Waals surface area contributed by atoms with Gasteiger partial charge in [-0.05, 0) is 59.4 Å². The molecule has 0 spiro atoms. The molecule has 1 unspecified atom stereocenters. The molecule has 1 atom stereocenters. The van der Waals surface area contributed by atoms with Crippen LogP contribution in [0.4, 0.5) is 5.69 Å². The van der Waals surface area contributed by atoms with Crippen LogP contribution in [0.2, 0.25) is 0 Å². The van der Waals surface area contributed by atoms with Gasteiger partial charge >= 0.3 is 11.9 Å². The Morgan fingerprint density at radius 3 is 2.45 bits per heavy atom. The maximum Gasteiger partial charge on any atom is 0.374 e. The highest BCUT2D eigenvalue weighted by Gasteiger charge is 2.31. The second-order valence-electron chi connectivity index (χ2n) is 9.90. The molecule has 1 N–H and O–H groups in total. The van der Waals surface area contributed by atoms with Gasteiger partial charge in [0.1, 0.15) is 0 Å². The average Bonchev–Trinajstić information content (AvgIpc) is 3.52. The van der Waals surface area contributed by atoms with Gasteiger partial charge in [-0.2, -0.15) is 0 Å². The summed E-state index contributed by atoms with van der Waals surface area (Å²) in [4.78, 5) is 14.2. The Morgan fingerprint density at radius 2 is 1.73 bits per heavy atom. The Labute approximate surface area is 232 Å². The molecular formula is C34H31N2O4+. The third-order valence-electron chi connectivity index (χ3n) is 7.50. The number of aromatic nitrogens is 1. The SMILES string of the molecule is CC/C(C=Cc1oc2cc3ccccc3cc2[n+]1C(C)C(=O)O)=C\C=C1Oc2ccc3ccccc3c2N1CC. The number of fused-ring (bicyclic) bond motifs is 5. The number of hydrogen-bond acceptors (Lipinski definition) is 4. The molecule has 0 radical (unpaired) electrons. The van der Waals surface area contributed by atoms with E-state index in [1.807, 2.05) is 72.8 Å². The van der Waals surface area contributed by atoms with Crippen LogP contribution in [0.15, 0.2) is 107 Å². The highest BCUT2D eigenvalue weighted by molar-refractivity contribution is 5.99. The molecule has 6 rings (SSSR count). The van der Waals surface area contributed by atoms with E-state index in [1.165, 1.54) is 10.8 Å². The lowest BCUT2D eigenvalue weighted by molar-refractivity contribution is -0.688. The summed E-state index contributed by atoms with van der Waals surface area (Å²) in [5.41, 5.74) is 3.54. The number of benzene rings is 4. The normalized spacial score (nSPS) is 15.4. The Morgan fingerprint density at radius 1 is 1.00 bits per heavy atom. The average molecular weight is 532 g/mol. The van der Waals surface area contributed by atoms with E-state index in [1.54, 1.807) is 11.5 Å². The molecule has 0 saturated carbocycles. The zero-order chi connectivity index (χ0) is 27.8. The van der Waals surface area contributed by atoms with Gasteiger partial charge in [-0.15, -0.1) is 4.57 Å². The second-order valence-corrected chi connectivity index (χ2v) is 9.90. The molecule has 0 aliphatic carbocycles. The molecule has 2 heterocycles. The summed E-state index contributed by atoms with van der Waals surface area (Å²) >= 11 is 0. The van der Waals surface area contributed by atoms with E-state index in [-0.39, 0.29) is 0 Å². The van der Waals surface area contributed by atoms with Crippen LogP contribution in [-0.2, 0) is 4.79 Å². The van der Waals surface area contributed by atoms with Crippen LogP contribution in [-0.4, -0.2) is 17.6 Å². The topological polar surface area (TPSA) is 66.8 Å². The van der Waals surface area contributed by atoms with Gasteiger partial charge < -0.3 is 19.2 Å². The number of carboxylic acid groups (broad SMARTS) is 1. The summed E-state index contributed by atoms with van der Waals surface area (Å²) in [6, 6.07) is 23.6. The van der Waals surface area contributed by atoms with Crippen molar-refractivity contribution < 1.29 is 23.6 Å². The number of anilines is 1. The number of aliphatic carboxylic acids is 1. The van der Waals surface area contributed by atoms with Gasteiger partial charge in [0, 0.05) is 24.9 Å². The quantitative estimate of drug-likeness (QED) is 0.172. The summed E-state index contributed by atoms with van der Waals surface area (Å²) in [5.74, 6) is 1.19. The van der Waals surface area contributed by atoms with Gasteiger partial charge in [0.15, 0.2) is 5.75 Å². The molecule has 200 valence electrons. The van der Waals surface area contributed by atoms with Crippen molar-refractivity contribution in [1.82, 2.24) is 0 Å². The van der Waals surface area contributed by atoms with E-state index >= 15 is 0 Å². The van der Waals surface area contributed by atoms with Crippen molar-refractivity contribution in [3.63, 3.8) is 0 Å². The molecule has 1 aliphatic heterocycles. The number of oxazole rings is 1. The summed E-state index contributed by atoms with van der Waals surface area (Å²) in [7, 11) is 0. The summed E-state index contributed by atoms with van der Waals surface area (Å²) < 4.78 is 14.2. The summed E-state index contributed by atoms with van der Waals surface area (Å²) in [6.45, 7) is 6.65. The van der Waals surface area contributed by atoms with Crippen molar-refractivity contribution in [1.29, 1.82) is 0 Å². The van der Waals surface area contributed by atoms with Crippen LogP contribution in [0, 0.1) is 0 Å². The zero-order valence-corrected chi connectivity index (χ0v) is 22.8. The predicted molar refractivity (Wildman–Crippen MR) is 159 cm³/mol. The monoisotopic (exact) mass is 531 g/mol. The lowest BCUT2D eigenvalue weighted by atomic mass is 10.1. The molecular weight excluding hydrogens is 500 g/mol. The first-order valence-corrected chi connectivity index (χ1v) is 13.6. The fraction of sp³-hybridized carbons (Fsp3) is 0.176. The van der Waals surface area contributed by atoms with E-state index in [0.717, 1.165) is 52.1 Å². The van der Waals surface area contributed by atoms with Crippen LogP contribution in [0.25, 0.3) is 38.7 Å². The number of nitrogens with zero attached hydrogens (tertiary/aromatic N) is 2. The van der Waals surface area contributed by atoms with Gasteiger partial charge in [0.2, 0.25) is 11.5 Å². The van der Waals surface area contributed by atoms with Crippen LogP contribution in [0.5, 0.6) is 5.75 Å². The molecule has 1 aliphatic rings. The highest BCUT2D eigenvalue weighted by Crippen LogP contribution is 2.44. The fourth-order valence-electron chi connectivity index (χ4n) is 5.34. The summed E-state index contributed by atoms with van der Waals surface area (Å²) in [6.07, 6.45) is 8.66. The minimum absolute atomic E-state index is 0.485. The summed E-state index contributed by atoms with van der Waals surface area (Å²) in [5, 5.41) is 14.3. The van der Waals surface area contributed by atoms with Crippen molar-refractivity contribution >= 4 is 50.4 Å². The molecule has 0 saturated heterocycles. The van der Waals surface area contributed by atoms with Crippen molar-refractivity contribution in [3.8, 4) is 5.75 Å². The second kappa shape index (κ2) is 10.4. The lowest BCUT2D eigenvalue weighted by Crippen LogP contribution is -2.43. The van der Waals surface area contributed by atoms with Crippen LogP contribution < -0.4 is 14.2 Å². The highest BCUT2D eigenvalue weighted by atomic mass is 16.5. The number of hydrogen-bond donors (Lipinski definition) is 1. The van der Waals surface area contributed by atoms with Crippen LogP contribution in [0.3, 0.4) is 0 Å². The Hall–Kier alpha value is -4.84. The van der Waals surface area contributed by atoms with Crippen LogP contribution >= 0.6 is 0 Å². The molecule has 0 amide bonds. The zero-order valence-electron chi connectivity index (χ0n) is 22.8. The minimum atomic E-state index is -0.920. The molecule has 4 aromatic carbocycles. The smallest absolute Gasteiger partial charge is 0.374 e. The van der Waals surface area contributed by atoms with Crippen LogP contribution in [0.1, 0.15) is 39.1 Å². The molecule has 0 bridgehead atoms. The molecule has 5 aromatic rings. The molecule has 1 aromatic heterocycles. The Bertz CT molecular complexity index is 1860. The van der Waals surface area contributed by atoms with E-state index in [9.17, 15) is 9.90 Å². The molecule has 0 fully saturated rings. The maximum atomic E-state index is 12.0. The van der Waals surface area contributed by atoms with Crippen molar-refractivity contribution in [2.75, 3.05) is 11.4 Å². The number of allylic oxidation sites excluding steroid dienone is 4. The van der Waals surface area contributed by atoms with E-state index in [0.29, 0.717) is 11.5 Å². The van der Waals surface area contributed by atoms with E-state index < -0.39 is 12.0 Å². The maximum absolute atomic E-state index is 12.0. The predicted octanol–water partition coefficient (Wildman–Crippen LogP) is 7.78. The first-order chi connectivity index (χ1) is 19.5. The number of rotatable bonds is 7. The lowest BCUT2D eigenvalue weighted by Gasteiger charge is -2.17. The van der Waals surface area contributed by atoms with Gasteiger partial charge in [-0.3, -0.25) is 0 Å². The van der Waals surface area contributed by atoms with Gasteiger partial charge in [-0.25, -0.2) is 4.79 Å². The third kappa shape index (κ3) is 4.41. The minimum Gasteiger partial charge on any atom is -0.476 e. The molecule has 6 nitrogen and oxygen atoms in total. The third-order valence-corrected chi connectivity index (χ3v) is 7.50. The Kier molecular flexibility index (Phi) is 6.60. The van der Waals surface area contributed by atoms with Gasteiger partial charge in [-0.1, -0.05) is 67.6 Å². The molecule has 6 heteroatoms. The fourth-order valence-corrected chi connectivity index (χ4v) is 5.34. The first-order valence-electron chi connectivity index (χ1n) is 13.6. The van der Waals surface area contributed by atoms with Gasteiger partial charge in [0.25, 0.3) is 11.6 Å². The van der Waals surface area contributed by atoms with Crippen molar-refractivity contribution in [3.05, 3.63) is 108 Å². The van der Waals surface area contributed by atoms with Crippen molar-refractivity contribution in [2.24, 2.45) is 0 Å². The first kappa shape index (κ1) is 25.4. The molecule has 40 heavy (non-hydrogen) atoms. The van der Waals surface area contributed by atoms with E-state index in [2.05, 4.69) is 43.0 Å². The number of ether oxygens (including phenoxy) is 1. The standard InChI is InChI=1S/C34H30N2O4/c1-4-23(14-18-31-35(5-2)33-27-13-9-8-10-24(27)16-17-29(33)39-31)15-19-32-36(22(3)34(37)38)28-20-25-11-6-7-12-26(25)21-30(28)40-32/h6-22H,4-5H2,1-3H3/p+1. The van der Waals surface area contributed by atoms with E-state index in [4.69, 9.17) is 9.15 Å².